The lowest BCUT2D eigenvalue weighted by Gasteiger charge is -2.33. The molecular formula is C12H18BrN3OS. The summed E-state index contributed by atoms with van der Waals surface area (Å²) in [6.45, 7) is 5.18. The Balaban J connectivity index is 2.25. The number of likely N-dealkylation sites (N-methyl/N-ethyl adjacent to an activating group) is 1. The van der Waals surface area contributed by atoms with Crippen molar-refractivity contribution >= 4 is 33.3 Å². The number of urea groups is 1. The van der Waals surface area contributed by atoms with E-state index >= 15 is 0 Å². The third kappa shape index (κ3) is 2.29. The molecule has 2 N–H and O–H groups in total. The van der Waals surface area contributed by atoms with E-state index in [1.54, 1.807) is 16.2 Å². The highest BCUT2D eigenvalue weighted by atomic mass is 79.9. The van der Waals surface area contributed by atoms with E-state index in [-0.39, 0.29) is 17.6 Å². The molecule has 6 heteroatoms. The van der Waals surface area contributed by atoms with E-state index in [1.807, 2.05) is 31.9 Å². The number of carbonyl (C=O) groups excluding carboxylic acids is 1. The van der Waals surface area contributed by atoms with Gasteiger partial charge in [-0.2, -0.15) is 0 Å². The second kappa shape index (κ2) is 4.83. The van der Waals surface area contributed by atoms with Gasteiger partial charge in [0.2, 0.25) is 0 Å². The fraction of sp³-hybridized carbons (Fsp3) is 0.583. The number of nitrogens with zero attached hydrogens (tertiary/aromatic N) is 2. The summed E-state index contributed by atoms with van der Waals surface area (Å²) in [5.41, 5.74) is 5.47. The zero-order chi connectivity index (χ0) is 13.5. The molecule has 1 saturated heterocycles. The van der Waals surface area contributed by atoms with Crippen molar-refractivity contribution in [2.75, 3.05) is 20.1 Å². The molecule has 2 amide bonds. The normalized spacial score (nSPS) is 20.9. The summed E-state index contributed by atoms with van der Waals surface area (Å²) in [4.78, 5) is 17.2. The molecule has 0 spiro atoms. The van der Waals surface area contributed by atoms with Gasteiger partial charge in [0, 0.05) is 25.0 Å². The zero-order valence-electron chi connectivity index (χ0n) is 10.8. The fourth-order valence-electron chi connectivity index (χ4n) is 2.10. The van der Waals surface area contributed by atoms with E-state index in [9.17, 15) is 4.79 Å². The highest BCUT2D eigenvalue weighted by Crippen LogP contribution is 2.36. The first kappa shape index (κ1) is 13.8. The average Bonchev–Trinajstić information content (AvgIpc) is 2.86. The molecule has 2 heterocycles. The van der Waals surface area contributed by atoms with Gasteiger partial charge >= 0.3 is 6.03 Å². The van der Waals surface area contributed by atoms with Crippen LogP contribution in [0, 0.1) is 0 Å². The number of hydrogen-bond acceptors (Lipinski definition) is 3. The number of hydrogen-bond donors (Lipinski definition) is 1. The maximum absolute atomic E-state index is 12.3. The van der Waals surface area contributed by atoms with Crippen LogP contribution in [0.15, 0.2) is 15.9 Å². The SMILES string of the molecule is CN1C(=O)N(C(C)(C)CN)CC1c1ccc(Br)s1. The van der Waals surface area contributed by atoms with Gasteiger partial charge in [-0.05, 0) is 41.9 Å². The fourth-order valence-corrected chi connectivity index (χ4v) is 3.66. The summed E-state index contributed by atoms with van der Waals surface area (Å²) < 4.78 is 1.09. The summed E-state index contributed by atoms with van der Waals surface area (Å²) in [7, 11) is 1.85. The van der Waals surface area contributed by atoms with Crippen LogP contribution in [-0.2, 0) is 0 Å². The maximum atomic E-state index is 12.3. The van der Waals surface area contributed by atoms with Gasteiger partial charge in [0.05, 0.1) is 15.4 Å². The Morgan fingerprint density at radius 2 is 2.22 bits per heavy atom. The van der Waals surface area contributed by atoms with Crippen LogP contribution in [-0.4, -0.2) is 41.5 Å². The lowest BCUT2D eigenvalue weighted by atomic mass is 10.0. The largest absolute Gasteiger partial charge is 0.328 e. The van der Waals surface area contributed by atoms with Gasteiger partial charge in [0.25, 0.3) is 0 Å². The first-order chi connectivity index (χ1) is 8.36. The van der Waals surface area contributed by atoms with E-state index < -0.39 is 0 Å². The average molecular weight is 332 g/mol. The Morgan fingerprint density at radius 1 is 1.56 bits per heavy atom. The lowest BCUT2D eigenvalue weighted by Crippen LogP contribution is -2.50. The van der Waals surface area contributed by atoms with Crippen molar-refractivity contribution in [1.82, 2.24) is 9.80 Å². The van der Waals surface area contributed by atoms with Crippen LogP contribution >= 0.6 is 27.3 Å². The monoisotopic (exact) mass is 331 g/mol. The topological polar surface area (TPSA) is 49.6 Å². The van der Waals surface area contributed by atoms with Crippen LogP contribution in [0.4, 0.5) is 4.79 Å². The summed E-state index contributed by atoms with van der Waals surface area (Å²) in [5.74, 6) is 0. The minimum atomic E-state index is -0.297. The number of halogens is 1. The molecule has 1 aromatic heterocycles. The lowest BCUT2D eigenvalue weighted by molar-refractivity contribution is 0.154. The van der Waals surface area contributed by atoms with Crippen molar-refractivity contribution in [2.45, 2.75) is 25.4 Å². The Bertz CT molecular complexity index is 460. The van der Waals surface area contributed by atoms with Gasteiger partial charge in [-0.3, -0.25) is 0 Å². The maximum Gasteiger partial charge on any atom is 0.320 e. The number of nitrogens with two attached hydrogens (primary N) is 1. The molecule has 0 aromatic carbocycles. The minimum absolute atomic E-state index is 0.0555. The highest BCUT2D eigenvalue weighted by molar-refractivity contribution is 9.11. The van der Waals surface area contributed by atoms with E-state index in [0.29, 0.717) is 13.1 Å². The number of amides is 2. The van der Waals surface area contributed by atoms with Gasteiger partial charge in [0.1, 0.15) is 0 Å². The van der Waals surface area contributed by atoms with Crippen LogP contribution in [0.5, 0.6) is 0 Å². The Labute approximate surface area is 120 Å². The molecule has 100 valence electrons. The summed E-state index contributed by atoms with van der Waals surface area (Å²) >= 11 is 5.14. The molecule has 1 atom stereocenters. The molecule has 1 unspecified atom stereocenters. The highest BCUT2D eigenvalue weighted by Gasteiger charge is 2.42. The van der Waals surface area contributed by atoms with E-state index in [0.717, 1.165) is 3.79 Å². The molecule has 1 fully saturated rings. The van der Waals surface area contributed by atoms with Gasteiger partial charge in [-0.25, -0.2) is 4.79 Å². The van der Waals surface area contributed by atoms with Gasteiger partial charge in [0.15, 0.2) is 0 Å². The van der Waals surface area contributed by atoms with E-state index in [1.165, 1.54) is 4.88 Å². The molecule has 2 rings (SSSR count). The van der Waals surface area contributed by atoms with Crippen molar-refractivity contribution in [1.29, 1.82) is 0 Å². The van der Waals surface area contributed by atoms with Crippen molar-refractivity contribution in [3.05, 3.63) is 20.8 Å². The number of rotatable bonds is 3. The second-order valence-corrected chi connectivity index (χ2v) is 7.67. The van der Waals surface area contributed by atoms with Gasteiger partial charge in [-0.1, -0.05) is 0 Å². The van der Waals surface area contributed by atoms with Crippen LogP contribution in [0.3, 0.4) is 0 Å². The Morgan fingerprint density at radius 3 is 2.72 bits per heavy atom. The van der Waals surface area contributed by atoms with Gasteiger partial charge in [-0.15, -0.1) is 11.3 Å². The number of carbonyl (C=O) groups is 1. The molecule has 0 radical (unpaired) electrons. The van der Waals surface area contributed by atoms with Crippen molar-refractivity contribution < 1.29 is 4.79 Å². The first-order valence-electron chi connectivity index (χ1n) is 5.86. The van der Waals surface area contributed by atoms with E-state index in [4.69, 9.17) is 5.73 Å². The Hall–Kier alpha value is -0.590. The molecule has 18 heavy (non-hydrogen) atoms. The minimum Gasteiger partial charge on any atom is -0.328 e. The molecule has 4 nitrogen and oxygen atoms in total. The van der Waals surface area contributed by atoms with Crippen molar-refractivity contribution in [2.24, 2.45) is 5.73 Å². The van der Waals surface area contributed by atoms with Crippen LogP contribution in [0.25, 0.3) is 0 Å². The summed E-state index contributed by atoms with van der Waals surface area (Å²) in [5, 5.41) is 0. The van der Waals surface area contributed by atoms with Crippen molar-refractivity contribution in [3.63, 3.8) is 0 Å². The Kier molecular flexibility index (Phi) is 3.71. The summed E-state index contributed by atoms with van der Waals surface area (Å²) in [6, 6.07) is 4.27. The van der Waals surface area contributed by atoms with Crippen LogP contribution in [0.1, 0.15) is 24.8 Å². The molecule has 0 aliphatic carbocycles. The molecular weight excluding hydrogens is 314 g/mol. The third-order valence-electron chi connectivity index (χ3n) is 3.51. The molecule has 1 aliphatic rings. The molecule has 0 bridgehead atoms. The zero-order valence-corrected chi connectivity index (χ0v) is 13.2. The second-order valence-electron chi connectivity index (χ2n) is 5.18. The van der Waals surface area contributed by atoms with Gasteiger partial charge < -0.3 is 15.5 Å². The quantitative estimate of drug-likeness (QED) is 0.925. The molecule has 0 saturated carbocycles. The predicted molar refractivity (Wildman–Crippen MR) is 77.8 cm³/mol. The van der Waals surface area contributed by atoms with Crippen molar-refractivity contribution in [3.8, 4) is 0 Å². The first-order valence-corrected chi connectivity index (χ1v) is 7.47. The van der Waals surface area contributed by atoms with Crippen LogP contribution in [0.2, 0.25) is 0 Å². The predicted octanol–water partition coefficient (Wildman–Crippen LogP) is 2.66. The van der Waals surface area contributed by atoms with E-state index in [2.05, 4.69) is 22.0 Å². The third-order valence-corrected chi connectivity index (χ3v) is 5.23. The standard InChI is InChI=1S/C12H18BrN3OS/c1-12(2,7-14)16-6-8(15(3)11(16)17)9-4-5-10(13)18-9/h4-5,8H,6-7,14H2,1-3H3. The smallest absolute Gasteiger partial charge is 0.320 e. The molecule has 1 aromatic rings. The summed E-state index contributed by atoms with van der Waals surface area (Å²) in [6.07, 6.45) is 0. The number of thiophene rings is 1. The molecule has 1 aliphatic heterocycles. The van der Waals surface area contributed by atoms with Crippen LogP contribution < -0.4 is 5.73 Å².